The quantitative estimate of drug-likeness (QED) is 0.115. The number of rotatable bonds is 13. The van der Waals surface area contributed by atoms with Crippen molar-refractivity contribution in [3.63, 3.8) is 0 Å². The molecule has 0 aliphatic rings. The van der Waals surface area contributed by atoms with Gasteiger partial charge in [-0.3, -0.25) is 0 Å². The van der Waals surface area contributed by atoms with Crippen LogP contribution in [-0.4, -0.2) is 25.9 Å². The zero-order valence-corrected chi connectivity index (χ0v) is 42.3. The Balaban J connectivity index is 1.06. The molecule has 1 aromatic heterocycles. The van der Waals surface area contributed by atoms with Gasteiger partial charge in [-0.1, -0.05) is 140 Å². The molecule has 0 aliphatic heterocycles. The summed E-state index contributed by atoms with van der Waals surface area (Å²) in [5, 5.41) is 9.19. The zero-order valence-electron chi connectivity index (χ0n) is 42.3. The first kappa shape index (κ1) is 45.9. The van der Waals surface area contributed by atoms with Gasteiger partial charge in [-0.05, 0) is 119 Å². The largest absolute Gasteiger partial charge is 0.497 e. The maximum atomic E-state index is 5.85. The van der Waals surface area contributed by atoms with Gasteiger partial charge in [0.25, 0.3) is 0 Å². The minimum Gasteiger partial charge on any atom is -0.497 e. The minimum atomic E-state index is 0.781. The molecule has 0 atom stereocenters. The van der Waals surface area contributed by atoms with E-state index in [0.29, 0.717) is 0 Å². The summed E-state index contributed by atoms with van der Waals surface area (Å²) in [6.45, 7) is 0. The first-order chi connectivity index (χ1) is 37.5. The summed E-state index contributed by atoms with van der Waals surface area (Å²) in [4.78, 5) is 7.02. The Hall–Kier alpha value is -9.98. The molecule has 0 bridgehead atoms. The van der Waals surface area contributed by atoms with Crippen LogP contribution >= 0.6 is 0 Å². The average Bonchev–Trinajstić information content (AvgIpc) is 3.87. The first-order valence-electron chi connectivity index (χ1n) is 25.5. The Labute approximate surface area is 441 Å². The highest BCUT2D eigenvalue weighted by atomic mass is 16.5. The van der Waals surface area contributed by atoms with Crippen molar-refractivity contribution in [2.75, 3.05) is 36.0 Å². The van der Waals surface area contributed by atoms with Crippen LogP contribution in [0.1, 0.15) is 0 Å². The van der Waals surface area contributed by atoms with Crippen molar-refractivity contribution in [1.82, 2.24) is 4.57 Å². The van der Waals surface area contributed by atoms with E-state index in [-0.39, 0.29) is 0 Å². The molecular formula is C69H52N4O3. The van der Waals surface area contributed by atoms with Crippen molar-refractivity contribution in [2.45, 2.75) is 0 Å². The van der Waals surface area contributed by atoms with E-state index in [9.17, 15) is 0 Å². The lowest BCUT2D eigenvalue weighted by Crippen LogP contribution is -2.11. The summed E-state index contributed by atoms with van der Waals surface area (Å²) >= 11 is 0. The van der Waals surface area contributed by atoms with Crippen LogP contribution in [0.15, 0.2) is 261 Å². The van der Waals surface area contributed by atoms with Crippen molar-refractivity contribution in [3.05, 3.63) is 261 Å². The third kappa shape index (κ3) is 8.11. The van der Waals surface area contributed by atoms with Crippen LogP contribution in [0.25, 0.3) is 59.8 Å². The highest BCUT2D eigenvalue weighted by Gasteiger charge is 2.23. The van der Waals surface area contributed by atoms with Gasteiger partial charge in [0, 0.05) is 84.9 Å². The second kappa shape index (κ2) is 19.5. The SMILES string of the molecule is COc1cccc(N(c2ccc(-n3c4cc(N(c5cccc(OC)c5)c5cccc6ccccc56)ccc4c4ccc(N(c5cccc(OC)c5)c5cccc6ccccc56)cc43)cc2)c2cccc3ccccc23)c1. The van der Waals surface area contributed by atoms with Crippen LogP contribution in [0.3, 0.4) is 0 Å². The summed E-state index contributed by atoms with van der Waals surface area (Å²) in [5.74, 6) is 2.35. The van der Waals surface area contributed by atoms with Gasteiger partial charge in [0.15, 0.2) is 0 Å². The summed E-state index contributed by atoms with van der Waals surface area (Å²) < 4.78 is 19.9. The number of ether oxygens (including phenoxy) is 3. The van der Waals surface area contributed by atoms with Gasteiger partial charge in [0.2, 0.25) is 0 Å². The second-order valence-electron chi connectivity index (χ2n) is 18.9. The molecule has 1 heterocycles. The maximum Gasteiger partial charge on any atom is 0.120 e. The van der Waals surface area contributed by atoms with E-state index >= 15 is 0 Å². The molecule has 0 radical (unpaired) electrons. The van der Waals surface area contributed by atoms with E-state index in [1.165, 1.54) is 5.39 Å². The van der Waals surface area contributed by atoms with Gasteiger partial charge in [-0.15, -0.1) is 0 Å². The van der Waals surface area contributed by atoms with Gasteiger partial charge in [-0.2, -0.15) is 0 Å². The normalized spacial score (nSPS) is 11.4. The van der Waals surface area contributed by atoms with Crippen molar-refractivity contribution in [1.29, 1.82) is 0 Å². The van der Waals surface area contributed by atoms with E-state index < -0.39 is 0 Å². The Morgan fingerprint density at radius 1 is 0.263 bits per heavy atom. The molecule has 0 spiro atoms. The molecule has 366 valence electrons. The van der Waals surface area contributed by atoms with Crippen LogP contribution < -0.4 is 28.9 Å². The van der Waals surface area contributed by atoms with Crippen molar-refractivity contribution in [3.8, 4) is 22.9 Å². The van der Waals surface area contributed by atoms with Gasteiger partial charge >= 0.3 is 0 Å². The predicted octanol–water partition coefficient (Wildman–Crippen LogP) is 18.7. The lowest BCUT2D eigenvalue weighted by atomic mass is 10.1. The number of benzene rings is 12. The Kier molecular flexibility index (Phi) is 11.7. The Morgan fingerprint density at radius 2 is 0.579 bits per heavy atom. The van der Waals surface area contributed by atoms with E-state index in [2.05, 4.69) is 256 Å². The van der Waals surface area contributed by atoms with Gasteiger partial charge in [0.1, 0.15) is 17.2 Å². The number of anilines is 9. The van der Waals surface area contributed by atoms with Crippen LogP contribution in [0.2, 0.25) is 0 Å². The highest BCUT2D eigenvalue weighted by Crippen LogP contribution is 2.47. The molecule has 7 nitrogen and oxygen atoms in total. The van der Waals surface area contributed by atoms with Crippen molar-refractivity contribution >= 4 is 105 Å². The van der Waals surface area contributed by atoms with E-state index in [1.807, 2.05) is 24.3 Å². The molecule has 13 aromatic rings. The van der Waals surface area contributed by atoms with Crippen LogP contribution in [0, 0.1) is 0 Å². The van der Waals surface area contributed by atoms with Crippen molar-refractivity contribution in [2.24, 2.45) is 0 Å². The number of aromatic nitrogens is 1. The lowest BCUT2D eigenvalue weighted by Gasteiger charge is -2.28. The second-order valence-corrected chi connectivity index (χ2v) is 18.9. The van der Waals surface area contributed by atoms with Crippen LogP contribution in [-0.2, 0) is 0 Å². The fraction of sp³-hybridized carbons (Fsp3) is 0.0435. The standard InChI is InChI=1S/C69H52N4O3/c1-74-57-25-13-22-52(42-57)70(65-31-10-19-47-16-4-7-28-60(47)65)50-34-36-51(37-35-50)73-68-45-55(71(53-23-14-26-58(43-53)75-2)66-32-11-20-48-17-5-8-29-61(48)66)38-40-63(68)64-41-39-56(46-69(64)73)72(54-24-15-27-59(44-54)76-3)67-33-12-21-49-18-6-9-30-62(49)67/h4-46H,1-3H3. The molecule has 0 saturated heterocycles. The summed E-state index contributed by atoms with van der Waals surface area (Å²) in [6.07, 6.45) is 0. The Morgan fingerprint density at radius 3 is 0.961 bits per heavy atom. The average molecular weight is 985 g/mol. The van der Waals surface area contributed by atoms with Crippen LogP contribution in [0.5, 0.6) is 17.2 Å². The summed E-state index contributed by atoms with van der Waals surface area (Å²) in [5.41, 5.74) is 12.3. The van der Waals surface area contributed by atoms with E-state index in [1.54, 1.807) is 21.3 Å². The molecule has 7 heteroatoms. The molecule has 13 rings (SSSR count). The number of hydrogen-bond acceptors (Lipinski definition) is 6. The molecule has 0 fully saturated rings. The molecular weight excluding hydrogens is 933 g/mol. The number of nitrogens with zero attached hydrogens (tertiary/aromatic N) is 4. The fourth-order valence-corrected chi connectivity index (χ4v) is 11.0. The van der Waals surface area contributed by atoms with Crippen LogP contribution in [0.4, 0.5) is 51.2 Å². The number of hydrogen-bond donors (Lipinski definition) is 0. The smallest absolute Gasteiger partial charge is 0.120 e. The van der Waals surface area contributed by atoms with Crippen molar-refractivity contribution < 1.29 is 14.2 Å². The summed E-state index contributed by atoms with van der Waals surface area (Å²) in [7, 11) is 5.16. The van der Waals surface area contributed by atoms with Gasteiger partial charge in [0.05, 0.1) is 49.4 Å². The third-order valence-electron chi connectivity index (χ3n) is 14.6. The maximum absolute atomic E-state index is 5.85. The first-order valence-corrected chi connectivity index (χ1v) is 25.5. The highest BCUT2D eigenvalue weighted by molar-refractivity contribution is 6.12. The molecule has 0 saturated carbocycles. The fourth-order valence-electron chi connectivity index (χ4n) is 11.0. The lowest BCUT2D eigenvalue weighted by molar-refractivity contribution is 0.415. The van der Waals surface area contributed by atoms with Gasteiger partial charge < -0.3 is 33.5 Å². The predicted molar refractivity (Wildman–Crippen MR) is 317 cm³/mol. The van der Waals surface area contributed by atoms with E-state index in [0.717, 1.165) is 123 Å². The number of fused-ring (bicyclic) bond motifs is 6. The zero-order chi connectivity index (χ0) is 51.1. The minimum absolute atomic E-state index is 0.781. The molecule has 76 heavy (non-hydrogen) atoms. The molecule has 0 unspecified atom stereocenters. The van der Waals surface area contributed by atoms with E-state index in [4.69, 9.17) is 14.2 Å². The topological polar surface area (TPSA) is 42.3 Å². The molecule has 0 amide bonds. The summed E-state index contributed by atoms with van der Waals surface area (Å²) in [6, 6.07) is 92.9. The molecule has 0 aliphatic carbocycles. The van der Waals surface area contributed by atoms with Gasteiger partial charge in [-0.25, -0.2) is 0 Å². The third-order valence-corrected chi connectivity index (χ3v) is 14.6. The number of methoxy groups -OCH3 is 3. The Bertz CT molecular complexity index is 4090. The molecule has 12 aromatic carbocycles. The monoisotopic (exact) mass is 984 g/mol. The molecule has 0 N–H and O–H groups in total.